The van der Waals surface area contributed by atoms with Crippen LogP contribution in [0.5, 0.6) is 0 Å². The van der Waals surface area contributed by atoms with Crippen molar-refractivity contribution < 1.29 is 4.79 Å². The maximum absolute atomic E-state index is 12.3. The van der Waals surface area contributed by atoms with Gasteiger partial charge in [-0.1, -0.05) is 49.6 Å². The Morgan fingerprint density at radius 1 is 1.07 bits per heavy atom. The second-order valence-corrected chi connectivity index (χ2v) is 8.90. The third-order valence-electron chi connectivity index (χ3n) is 6.09. The smallest absolute Gasteiger partial charge is 0.223 e. The largest absolute Gasteiger partial charge is 0.356 e. The molecule has 2 heterocycles. The first-order valence-corrected chi connectivity index (χ1v) is 11.4. The molecule has 1 saturated heterocycles. The number of amides is 1. The van der Waals surface area contributed by atoms with E-state index in [9.17, 15) is 4.79 Å². The highest BCUT2D eigenvalue weighted by Gasteiger charge is 2.25. The minimum absolute atomic E-state index is 0.262. The quantitative estimate of drug-likeness (QED) is 0.798. The molecule has 1 aliphatic heterocycles. The zero-order chi connectivity index (χ0) is 19.2. The van der Waals surface area contributed by atoms with Crippen LogP contribution in [0.25, 0.3) is 0 Å². The van der Waals surface area contributed by atoms with Gasteiger partial charge in [-0.3, -0.25) is 4.79 Å². The lowest BCUT2D eigenvalue weighted by atomic mass is 9.88. The summed E-state index contributed by atoms with van der Waals surface area (Å²) in [5, 5.41) is 4.26. The van der Waals surface area contributed by atoms with Crippen molar-refractivity contribution in [1.29, 1.82) is 0 Å². The number of anilines is 1. The van der Waals surface area contributed by atoms with Crippen molar-refractivity contribution in [3.8, 4) is 0 Å². The van der Waals surface area contributed by atoms with Crippen molar-refractivity contribution in [2.45, 2.75) is 51.4 Å². The number of benzene rings is 1. The van der Waals surface area contributed by atoms with Crippen molar-refractivity contribution >= 4 is 22.6 Å². The molecule has 0 spiro atoms. The second kappa shape index (κ2) is 9.50. The van der Waals surface area contributed by atoms with E-state index in [-0.39, 0.29) is 11.8 Å². The van der Waals surface area contributed by atoms with E-state index >= 15 is 0 Å². The first-order valence-electron chi connectivity index (χ1n) is 10.7. The first kappa shape index (κ1) is 19.4. The van der Waals surface area contributed by atoms with Crippen LogP contribution in [0.2, 0.25) is 0 Å². The number of carbonyl (C=O) groups excluding carboxylic acids is 1. The summed E-state index contributed by atoms with van der Waals surface area (Å²) in [6.45, 7) is 2.84. The fourth-order valence-electron chi connectivity index (χ4n) is 4.31. The molecular weight excluding hydrogens is 368 g/mol. The van der Waals surface area contributed by atoms with Crippen molar-refractivity contribution in [3.63, 3.8) is 0 Å². The average Bonchev–Trinajstić information content (AvgIpc) is 3.22. The van der Waals surface area contributed by atoms with E-state index in [1.54, 1.807) is 0 Å². The zero-order valence-electron chi connectivity index (χ0n) is 16.5. The van der Waals surface area contributed by atoms with Gasteiger partial charge in [0.05, 0.1) is 0 Å². The Morgan fingerprint density at radius 2 is 1.82 bits per heavy atom. The lowest BCUT2D eigenvalue weighted by molar-refractivity contribution is -0.126. The lowest BCUT2D eigenvalue weighted by Crippen LogP contribution is -2.40. The van der Waals surface area contributed by atoms with Crippen molar-refractivity contribution in [2.24, 2.45) is 11.8 Å². The predicted molar refractivity (Wildman–Crippen MR) is 114 cm³/mol. The van der Waals surface area contributed by atoms with Crippen LogP contribution in [0.15, 0.2) is 30.3 Å². The molecule has 28 heavy (non-hydrogen) atoms. The van der Waals surface area contributed by atoms with Gasteiger partial charge in [0.15, 0.2) is 0 Å². The Hall–Kier alpha value is -1.95. The van der Waals surface area contributed by atoms with Gasteiger partial charge in [-0.25, -0.2) is 4.98 Å². The molecule has 1 aliphatic carbocycles. The van der Waals surface area contributed by atoms with E-state index in [0.717, 1.165) is 62.7 Å². The fourth-order valence-corrected chi connectivity index (χ4v) is 5.04. The topological polar surface area (TPSA) is 58.1 Å². The summed E-state index contributed by atoms with van der Waals surface area (Å²) in [6, 6.07) is 10.4. The van der Waals surface area contributed by atoms with Gasteiger partial charge in [0.1, 0.15) is 5.82 Å². The summed E-state index contributed by atoms with van der Waals surface area (Å²) in [5.74, 6) is 2.05. The molecule has 2 fully saturated rings. The van der Waals surface area contributed by atoms with E-state index in [1.165, 1.54) is 36.4 Å². The highest BCUT2D eigenvalue weighted by Crippen LogP contribution is 2.26. The van der Waals surface area contributed by atoms with Crippen LogP contribution in [0.4, 0.5) is 5.13 Å². The highest BCUT2D eigenvalue weighted by atomic mass is 32.1. The van der Waals surface area contributed by atoms with Crippen LogP contribution in [-0.4, -0.2) is 34.9 Å². The van der Waals surface area contributed by atoms with Crippen LogP contribution < -0.4 is 10.2 Å². The Kier molecular flexibility index (Phi) is 6.57. The number of carbonyl (C=O) groups is 1. The van der Waals surface area contributed by atoms with Crippen molar-refractivity contribution in [3.05, 3.63) is 41.7 Å². The molecule has 2 aliphatic rings. The van der Waals surface area contributed by atoms with Gasteiger partial charge in [0.2, 0.25) is 11.0 Å². The maximum Gasteiger partial charge on any atom is 0.223 e. The minimum Gasteiger partial charge on any atom is -0.356 e. The average molecular weight is 399 g/mol. The van der Waals surface area contributed by atoms with Crippen LogP contribution in [-0.2, 0) is 11.2 Å². The summed E-state index contributed by atoms with van der Waals surface area (Å²) in [5.41, 5.74) is 1.25. The number of nitrogens with one attached hydrogen (secondary N) is 1. The second-order valence-electron chi connectivity index (χ2n) is 8.17. The molecule has 6 heteroatoms. The van der Waals surface area contributed by atoms with Gasteiger partial charge in [-0.15, -0.1) is 0 Å². The maximum atomic E-state index is 12.3. The van der Waals surface area contributed by atoms with E-state index in [0.29, 0.717) is 5.92 Å². The molecule has 0 radical (unpaired) electrons. The molecule has 2 aromatic rings. The summed E-state index contributed by atoms with van der Waals surface area (Å²) < 4.78 is 4.55. The van der Waals surface area contributed by atoms with Gasteiger partial charge < -0.3 is 10.2 Å². The first-order chi connectivity index (χ1) is 13.8. The Morgan fingerprint density at radius 3 is 2.57 bits per heavy atom. The molecule has 5 nitrogen and oxygen atoms in total. The van der Waals surface area contributed by atoms with Crippen molar-refractivity contribution in [1.82, 2.24) is 14.7 Å². The van der Waals surface area contributed by atoms with Crippen molar-refractivity contribution in [2.75, 3.05) is 24.5 Å². The van der Waals surface area contributed by atoms with E-state index in [1.807, 2.05) is 6.07 Å². The van der Waals surface area contributed by atoms with Crippen LogP contribution in [0.3, 0.4) is 0 Å². The highest BCUT2D eigenvalue weighted by molar-refractivity contribution is 7.09. The lowest BCUT2D eigenvalue weighted by Gasteiger charge is -2.32. The molecule has 150 valence electrons. The molecule has 1 aromatic carbocycles. The molecule has 0 atom stereocenters. The number of aromatic nitrogens is 2. The molecular formula is C22H30N4OS. The zero-order valence-corrected chi connectivity index (χ0v) is 17.3. The molecule has 4 rings (SSSR count). The monoisotopic (exact) mass is 398 g/mol. The van der Waals surface area contributed by atoms with Gasteiger partial charge in [0.25, 0.3) is 0 Å². The molecule has 1 aromatic heterocycles. The normalized spacial score (nSPS) is 18.9. The van der Waals surface area contributed by atoms with Gasteiger partial charge in [-0.2, -0.15) is 4.37 Å². The number of hydrogen-bond acceptors (Lipinski definition) is 5. The van der Waals surface area contributed by atoms with E-state index < -0.39 is 0 Å². The molecule has 0 unspecified atom stereocenters. The number of rotatable bonds is 6. The fraction of sp³-hybridized carbons (Fsp3) is 0.591. The number of hydrogen-bond donors (Lipinski definition) is 1. The predicted octanol–water partition coefficient (Wildman–Crippen LogP) is 4.04. The standard InChI is InChI=1S/C22H30N4OS/c27-21(19-9-5-2-6-10-19)23-16-18-11-13-26(14-12-18)22-24-20(25-28-22)15-17-7-3-1-4-8-17/h1,3-4,7-8,18-19H,2,5-6,9-16H2,(H,23,27). The molecule has 1 saturated carbocycles. The minimum atomic E-state index is 0.262. The third-order valence-corrected chi connectivity index (χ3v) is 6.90. The summed E-state index contributed by atoms with van der Waals surface area (Å²) >= 11 is 1.51. The third kappa shape index (κ3) is 5.10. The number of nitrogens with zero attached hydrogens (tertiary/aromatic N) is 3. The molecule has 0 bridgehead atoms. The van der Waals surface area contributed by atoms with Crippen LogP contribution >= 0.6 is 11.5 Å². The van der Waals surface area contributed by atoms with Crippen LogP contribution in [0.1, 0.15) is 56.3 Å². The molecule has 1 N–H and O–H groups in total. The van der Waals surface area contributed by atoms with E-state index in [2.05, 4.69) is 38.9 Å². The van der Waals surface area contributed by atoms with E-state index in [4.69, 9.17) is 4.98 Å². The van der Waals surface area contributed by atoms with Crippen LogP contribution in [0, 0.1) is 11.8 Å². The van der Waals surface area contributed by atoms with Gasteiger partial charge in [-0.05, 0) is 37.2 Å². The molecule has 1 amide bonds. The van der Waals surface area contributed by atoms with Gasteiger partial charge in [0, 0.05) is 43.5 Å². The summed E-state index contributed by atoms with van der Waals surface area (Å²) in [4.78, 5) is 19.4. The summed E-state index contributed by atoms with van der Waals surface area (Å²) in [7, 11) is 0. The Labute approximate surface area is 171 Å². The summed E-state index contributed by atoms with van der Waals surface area (Å²) in [6.07, 6.45) is 8.88. The van der Waals surface area contributed by atoms with Gasteiger partial charge >= 0.3 is 0 Å². The number of piperidine rings is 1. The SMILES string of the molecule is O=C(NCC1CCN(c2nc(Cc3ccccc3)ns2)CC1)C1CCCCC1. The Bertz CT molecular complexity index is 749. The Balaban J connectivity index is 1.21.